The molecule has 1 unspecified atom stereocenters. The Morgan fingerprint density at radius 1 is 1.00 bits per heavy atom. The highest BCUT2D eigenvalue weighted by atomic mass is 15.1. The van der Waals surface area contributed by atoms with Gasteiger partial charge in [0.1, 0.15) is 18.0 Å². The number of aromatic nitrogens is 2. The van der Waals surface area contributed by atoms with Crippen LogP contribution in [0.2, 0.25) is 0 Å². The lowest BCUT2D eigenvalue weighted by molar-refractivity contribution is 0.439. The number of hydrogen-bond acceptors (Lipinski definition) is 4. The summed E-state index contributed by atoms with van der Waals surface area (Å²) in [4.78, 5) is 8.84. The summed E-state index contributed by atoms with van der Waals surface area (Å²) >= 11 is 0. The summed E-state index contributed by atoms with van der Waals surface area (Å²) in [7, 11) is 0. The van der Waals surface area contributed by atoms with E-state index in [0.29, 0.717) is 17.8 Å². The summed E-state index contributed by atoms with van der Waals surface area (Å²) < 4.78 is 0. The third-order valence-corrected chi connectivity index (χ3v) is 3.73. The molecule has 0 radical (unpaired) electrons. The predicted molar refractivity (Wildman–Crippen MR) is 87.4 cm³/mol. The normalized spacial score (nSPS) is 12.8. The van der Waals surface area contributed by atoms with Crippen LogP contribution in [0.4, 0.5) is 11.6 Å². The first-order valence-electron chi connectivity index (χ1n) is 7.79. The van der Waals surface area contributed by atoms with Crippen molar-refractivity contribution in [1.82, 2.24) is 9.97 Å². The lowest BCUT2D eigenvalue weighted by atomic mass is 9.98. The van der Waals surface area contributed by atoms with Crippen molar-refractivity contribution in [3.05, 3.63) is 11.9 Å². The molecule has 1 aromatic heterocycles. The molecule has 1 heterocycles. The number of nitrogens with one attached hydrogen (secondary N) is 2. The Labute approximate surface area is 123 Å². The summed E-state index contributed by atoms with van der Waals surface area (Å²) in [6.45, 7) is 15.2. The maximum absolute atomic E-state index is 4.44. The van der Waals surface area contributed by atoms with E-state index in [4.69, 9.17) is 0 Å². The van der Waals surface area contributed by atoms with E-state index in [2.05, 4.69) is 62.1 Å². The van der Waals surface area contributed by atoms with Crippen LogP contribution >= 0.6 is 0 Å². The second kappa shape index (κ2) is 8.08. The van der Waals surface area contributed by atoms with E-state index in [1.807, 2.05) is 0 Å². The summed E-state index contributed by atoms with van der Waals surface area (Å²) in [5.41, 5.74) is 1.19. The highest BCUT2D eigenvalue weighted by molar-refractivity contribution is 5.59. The van der Waals surface area contributed by atoms with E-state index >= 15 is 0 Å². The zero-order chi connectivity index (χ0) is 15.1. The Hall–Kier alpha value is -1.32. The minimum absolute atomic E-state index is 0.396. The van der Waals surface area contributed by atoms with E-state index in [9.17, 15) is 0 Å². The molecule has 0 amide bonds. The van der Waals surface area contributed by atoms with E-state index in [1.165, 1.54) is 5.56 Å². The van der Waals surface area contributed by atoms with Crippen LogP contribution in [0, 0.1) is 11.8 Å². The lowest BCUT2D eigenvalue weighted by Crippen LogP contribution is -2.19. The van der Waals surface area contributed by atoms with Gasteiger partial charge in [-0.25, -0.2) is 9.97 Å². The molecule has 0 aliphatic heterocycles. The Kier molecular flexibility index (Phi) is 6.76. The molecule has 114 valence electrons. The number of nitrogens with zero attached hydrogens (tertiary/aromatic N) is 2. The summed E-state index contributed by atoms with van der Waals surface area (Å²) in [5.74, 6) is 3.63. The van der Waals surface area contributed by atoms with Crippen molar-refractivity contribution < 1.29 is 0 Å². The van der Waals surface area contributed by atoms with Gasteiger partial charge in [-0.05, 0) is 24.2 Å². The molecule has 1 atom stereocenters. The predicted octanol–water partition coefficient (Wildman–Crippen LogP) is 4.13. The fraction of sp³-hybridized carbons (Fsp3) is 0.750. The molecule has 0 bridgehead atoms. The molecule has 0 spiro atoms. The summed E-state index contributed by atoms with van der Waals surface area (Å²) in [6.07, 6.45) is 2.74. The number of rotatable bonds is 8. The molecular formula is C16H30N4. The van der Waals surface area contributed by atoms with Crippen molar-refractivity contribution in [3.63, 3.8) is 0 Å². The van der Waals surface area contributed by atoms with E-state index in [0.717, 1.165) is 31.1 Å². The van der Waals surface area contributed by atoms with E-state index in [-0.39, 0.29) is 0 Å². The van der Waals surface area contributed by atoms with E-state index in [1.54, 1.807) is 6.33 Å². The Morgan fingerprint density at radius 3 is 2.10 bits per heavy atom. The van der Waals surface area contributed by atoms with Crippen LogP contribution in [0.3, 0.4) is 0 Å². The van der Waals surface area contributed by atoms with Gasteiger partial charge in [-0.1, -0.05) is 41.5 Å². The van der Waals surface area contributed by atoms with Crippen LogP contribution in [-0.2, 0) is 0 Å². The highest BCUT2D eigenvalue weighted by Crippen LogP contribution is 2.28. The Morgan fingerprint density at radius 2 is 1.60 bits per heavy atom. The number of anilines is 2. The SMILES string of the molecule is CCCNc1ncnc(NCC(C)C(C)C)c1C(C)C. The smallest absolute Gasteiger partial charge is 0.134 e. The molecule has 20 heavy (non-hydrogen) atoms. The van der Waals surface area contributed by atoms with Crippen molar-refractivity contribution in [2.24, 2.45) is 11.8 Å². The maximum atomic E-state index is 4.44. The fourth-order valence-corrected chi connectivity index (χ4v) is 1.96. The van der Waals surface area contributed by atoms with Crippen LogP contribution < -0.4 is 10.6 Å². The van der Waals surface area contributed by atoms with Gasteiger partial charge in [0.25, 0.3) is 0 Å². The third-order valence-electron chi connectivity index (χ3n) is 3.73. The van der Waals surface area contributed by atoms with E-state index < -0.39 is 0 Å². The fourth-order valence-electron chi connectivity index (χ4n) is 1.96. The van der Waals surface area contributed by atoms with Gasteiger partial charge in [0.05, 0.1) is 0 Å². The monoisotopic (exact) mass is 278 g/mol. The maximum Gasteiger partial charge on any atom is 0.134 e. The molecule has 1 rings (SSSR count). The molecule has 0 aliphatic rings. The number of hydrogen-bond donors (Lipinski definition) is 2. The highest BCUT2D eigenvalue weighted by Gasteiger charge is 2.15. The van der Waals surface area contributed by atoms with Crippen LogP contribution in [0.5, 0.6) is 0 Å². The zero-order valence-corrected chi connectivity index (χ0v) is 13.8. The molecule has 0 aliphatic carbocycles. The molecule has 0 saturated carbocycles. The van der Waals surface area contributed by atoms with Crippen LogP contribution in [-0.4, -0.2) is 23.1 Å². The first kappa shape index (κ1) is 16.7. The third kappa shape index (κ3) is 4.66. The van der Waals surface area contributed by atoms with Crippen LogP contribution in [0.25, 0.3) is 0 Å². The van der Waals surface area contributed by atoms with Gasteiger partial charge in [0.15, 0.2) is 0 Å². The van der Waals surface area contributed by atoms with Crippen LogP contribution in [0.15, 0.2) is 6.33 Å². The Bertz CT molecular complexity index is 401. The second-order valence-corrected chi connectivity index (χ2v) is 6.17. The second-order valence-electron chi connectivity index (χ2n) is 6.17. The standard InChI is InChI=1S/C16H30N4/c1-7-8-17-15-14(12(4)5)16(20-10-19-15)18-9-13(6)11(2)3/h10-13H,7-9H2,1-6H3,(H2,17,18,19,20). The molecule has 4 heteroatoms. The molecule has 1 aromatic rings. The van der Waals surface area contributed by atoms with Gasteiger partial charge >= 0.3 is 0 Å². The minimum atomic E-state index is 0.396. The molecule has 4 nitrogen and oxygen atoms in total. The Balaban J connectivity index is 2.88. The molecule has 2 N–H and O–H groups in total. The van der Waals surface area contributed by atoms with Crippen molar-refractivity contribution in [2.75, 3.05) is 23.7 Å². The van der Waals surface area contributed by atoms with Gasteiger partial charge < -0.3 is 10.6 Å². The largest absolute Gasteiger partial charge is 0.370 e. The van der Waals surface area contributed by atoms with Gasteiger partial charge in [0.2, 0.25) is 0 Å². The van der Waals surface area contributed by atoms with Gasteiger partial charge in [-0.15, -0.1) is 0 Å². The summed E-state index contributed by atoms with van der Waals surface area (Å²) in [5, 5.41) is 6.91. The topological polar surface area (TPSA) is 49.8 Å². The van der Waals surface area contributed by atoms with Crippen molar-refractivity contribution >= 4 is 11.6 Å². The first-order chi connectivity index (χ1) is 9.47. The van der Waals surface area contributed by atoms with Crippen molar-refractivity contribution in [3.8, 4) is 0 Å². The molecule has 0 fully saturated rings. The van der Waals surface area contributed by atoms with Gasteiger partial charge in [0, 0.05) is 18.7 Å². The first-order valence-corrected chi connectivity index (χ1v) is 7.79. The van der Waals surface area contributed by atoms with Crippen LogP contribution in [0.1, 0.15) is 59.4 Å². The van der Waals surface area contributed by atoms with Gasteiger partial charge in [-0.3, -0.25) is 0 Å². The average molecular weight is 278 g/mol. The minimum Gasteiger partial charge on any atom is -0.370 e. The van der Waals surface area contributed by atoms with Crippen molar-refractivity contribution in [1.29, 1.82) is 0 Å². The molecule has 0 aromatic carbocycles. The zero-order valence-electron chi connectivity index (χ0n) is 13.8. The quantitative estimate of drug-likeness (QED) is 0.751. The molecular weight excluding hydrogens is 248 g/mol. The van der Waals surface area contributed by atoms with Gasteiger partial charge in [-0.2, -0.15) is 0 Å². The lowest BCUT2D eigenvalue weighted by Gasteiger charge is -2.21. The molecule has 0 saturated heterocycles. The van der Waals surface area contributed by atoms with Crippen molar-refractivity contribution in [2.45, 2.75) is 53.9 Å². The average Bonchev–Trinajstić information content (AvgIpc) is 2.41. The summed E-state index contributed by atoms with van der Waals surface area (Å²) in [6, 6.07) is 0.